The Bertz CT molecular complexity index is 691. The predicted molar refractivity (Wildman–Crippen MR) is 116 cm³/mol. The van der Waals surface area contributed by atoms with Gasteiger partial charge in [-0.05, 0) is 58.2 Å². The Balaban J connectivity index is 1.52. The van der Waals surface area contributed by atoms with Gasteiger partial charge in [-0.15, -0.1) is 0 Å². The Morgan fingerprint density at radius 2 is 1.93 bits per heavy atom. The number of hydrogen-bond donors (Lipinski definition) is 1. The van der Waals surface area contributed by atoms with E-state index in [1.54, 1.807) is 13.8 Å². The van der Waals surface area contributed by atoms with E-state index < -0.39 is 5.54 Å². The fourth-order valence-electron chi connectivity index (χ4n) is 4.53. The maximum Gasteiger partial charge on any atom is 0.325 e. The first kappa shape index (κ1) is 21.8. The van der Waals surface area contributed by atoms with Crippen molar-refractivity contribution in [2.75, 3.05) is 32.7 Å². The molecule has 1 aromatic carbocycles. The molecule has 1 N–H and O–H groups in total. The number of carbonyl (C=O) groups is 2. The molecule has 0 aliphatic carbocycles. The Morgan fingerprint density at radius 3 is 2.59 bits per heavy atom. The van der Waals surface area contributed by atoms with Crippen LogP contribution in [0.2, 0.25) is 0 Å². The van der Waals surface area contributed by atoms with Crippen LogP contribution in [0.15, 0.2) is 30.3 Å². The van der Waals surface area contributed by atoms with Gasteiger partial charge in [0.05, 0.1) is 0 Å². The van der Waals surface area contributed by atoms with Crippen molar-refractivity contribution in [1.82, 2.24) is 20.0 Å². The van der Waals surface area contributed by atoms with Gasteiger partial charge >= 0.3 is 6.03 Å². The molecule has 0 bridgehead atoms. The van der Waals surface area contributed by atoms with E-state index in [0.717, 1.165) is 45.6 Å². The zero-order valence-corrected chi connectivity index (χ0v) is 18.2. The summed E-state index contributed by atoms with van der Waals surface area (Å²) in [5.41, 5.74) is 0.595. The Labute approximate surface area is 175 Å². The number of amides is 3. The summed E-state index contributed by atoms with van der Waals surface area (Å²) in [4.78, 5) is 31.0. The highest BCUT2D eigenvalue weighted by Crippen LogP contribution is 2.20. The van der Waals surface area contributed by atoms with Crippen LogP contribution in [0.4, 0.5) is 4.79 Å². The number of benzene rings is 1. The first-order valence-corrected chi connectivity index (χ1v) is 11.0. The van der Waals surface area contributed by atoms with E-state index in [0.29, 0.717) is 12.6 Å². The van der Waals surface area contributed by atoms with Crippen LogP contribution in [0.1, 0.15) is 52.0 Å². The van der Waals surface area contributed by atoms with E-state index >= 15 is 0 Å². The van der Waals surface area contributed by atoms with Crippen molar-refractivity contribution < 1.29 is 9.59 Å². The zero-order chi connectivity index (χ0) is 20.9. The molecule has 2 aliphatic rings. The van der Waals surface area contributed by atoms with Crippen LogP contribution in [0.5, 0.6) is 0 Å². The number of urea groups is 1. The molecule has 2 aliphatic heterocycles. The first-order valence-electron chi connectivity index (χ1n) is 11.0. The van der Waals surface area contributed by atoms with Crippen LogP contribution < -0.4 is 5.32 Å². The van der Waals surface area contributed by atoms with Crippen molar-refractivity contribution in [2.24, 2.45) is 0 Å². The van der Waals surface area contributed by atoms with E-state index in [1.807, 2.05) is 0 Å². The summed E-state index contributed by atoms with van der Waals surface area (Å²) >= 11 is 0. The summed E-state index contributed by atoms with van der Waals surface area (Å²) in [5.74, 6) is -0.115. The van der Waals surface area contributed by atoms with Crippen molar-refractivity contribution in [3.05, 3.63) is 35.9 Å². The molecule has 3 rings (SSSR count). The molecule has 6 heteroatoms. The van der Waals surface area contributed by atoms with Crippen molar-refractivity contribution in [2.45, 2.75) is 64.6 Å². The second kappa shape index (κ2) is 9.72. The SMILES string of the molecule is CCCN(CCCN1C(=O)NC(C)(C)C1=O)C1CCCN(Cc2ccccc2)C1. The van der Waals surface area contributed by atoms with Gasteiger partial charge in [0.25, 0.3) is 5.91 Å². The Hall–Kier alpha value is -1.92. The quantitative estimate of drug-likeness (QED) is 0.647. The van der Waals surface area contributed by atoms with Crippen LogP contribution in [0.25, 0.3) is 0 Å². The number of rotatable bonds is 9. The molecule has 29 heavy (non-hydrogen) atoms. The first-order chi connectivity index (χ1) is 13.9. The van der Waals surface area contributed by atoms with Gasteiger partial charge in [0, 0.05) is 32.2 Å². The van der Waals surface area contributed by atoms with Crippen molar-refractivity contribution in [1.29, 1.82) is 0 Å². The third kappa shape index (κ3) is 5.58. The molecule has 0 saturated carbocycles. The number of nitrogens with one attached hydrogen (secondary N) is 1. The molecular formula is C23H36N4O2. The molecule has 0 radical (unpaired) electrons. The molecule has 2 heterocycles. The lowest BCUT2D eigenvalue weighted by Crippen LogP contribution is -2.48. The minimum Gasteiger partial charge on any atom is -0.324 e. The second-order valence-electron chi connectivity index (χ2n) is 8.92. The third-order valence-electron chi connectivity index (χ3n) is 6.03. The molecule has 0 spiro atoms. The van der Waals surface area contributed by atoms with E-state index in [2.05, 4.69) is 52.4 Å². The summed E-state index contributed by atoms with van der Waals surface area (Å²) in [6, 6.07) is 11.0. The van der Waals surface area contributed by atoms with Gasteiger partial charge in [-0.1, -0.05) is 37.3 Å². The minimum absolute atomic E-state index is 0.115. The number of nitrogens with zero attached hydrogens (tertiary/aromatic N) is 3. The van der Waals surface area contributed by atoms with Gasteiger partial charge in [0.1, 0.15) is 5.54 Å². The normalized spacial score (nSPS) is 22.3. The molecule has 160 valence electrons. The van der Waals surface area contributed by atoms with Crippen LogP contribution in [0.3, 0.4) is 0 Å². The van der Waals surface area contributed by atoms with Gasteiger partial charge in [-0.2, -0.15) is 0 Å². The summed E-state index contributed by atoms with van der Waals surface area (Å²) in [5, 5.41) is 2.77. The third-order valence-corrected chi connectivity index (χ3v) is 6.03. The molecule has 1 aromatic rings. The molecule has 1 atom stereocenters. The number of hydrogen-bond acceptors (Lipinski definition) is 4. The maximum atomic E-state index is 12.4. The van der Waals surface area contributed by atoms with Crippen LogP contribution in [-0.4, -0.2) is 70.9 Å². The topological polar surface area (TPSA) is 55.9 Å². The van der Waals surface area contributed by atoms with Gasteiger partial charge in [-0.3, -0.25) is 19.5 Å². The minimum atomic E-state index is -0.776. The fourth-order valence-corrected chi connectivity index (χ4v) is 4.53. The Kier molecular flexibility index (Phi) is 7.30. The zero-order valence-electron chi connectivity index (χ0n) is 18.2. The number of likely N-dealkylation sites (tertiary alicyclic amines) is 1. The van der Waals surface area contributed by atoms with Crippen molar-refractivity contribution >= 4 is 11.9 Å². The summed E-state index contributed by atoms with van der Waals surface area (Å²) in [7, 11) is 0. The number of carbonyl (C=O) groups excluding carboxylic acids is 2. The molecular weight excluding hydrogens is 364 g/mol. The number of piperidine rings is 1. The molecule has 2 saturated heterocycles. The van der Waals surface area contributed by atoms with Gasteiger partial charge in [0.2, 0.25) is 0 Å². The predicted octanol–water partition coefficient (Wildman–Crippen LogP) is 3.08. The lowest BCUT2D eigenvalue weighted by atomic mass is 10.0. The van der Waals surface area contributed by atoms with E-state index in [-0.39, 0.29) is 11.9 Å². The highest BCUT2D eigenvalue weighted by molar-refractivity contribution is 6.06. The van der Waals surface area contributed by atoms with Gasteiger partial charge in [0.15, 0.2) is 0 Å². The fraction of sp³-hybridized carbons (Fsp3) is 0.652. The highest BCUT2D eigenvalue weighted by atomic mass is 16.2. The Morgan fingerprint density at radius 1 is 1.17 bits per heavy atom. The van der Waals surface area contributed by atoms with Crippen molar-refractivity contribution in [3.63, 3.8) is 0 Å². The average Bonchev–Trinajstić information content (AvgIpc) is 2.89. The maximum absolute atomic E-state index is 12.4. The molecule has 2 fully saturated rings. The summed E-state index contributed by atoms with van der Waals surface area (Å²) in [6.45, 7) is 11.5. The molecule has 3 amide bonds. The monoisotopic (exact) mass is 400 g/mol. The van der Waals surface area contributed by atoms with E-state index in [4.69, 9.17) is 0 Å². The van der Waals surface area contributed by atoms with Gasteiger partial charge in [-0.25, -0.2) is 4.79 Å². The molecule has 1 unspecified atom stereocenters. The lowest BCUT2D eigenvalue weighted by molar-refractivity contribution is -0.130. The van der Waals surface area contributed by atoms with E-state index in [9.17, 15) is 9.59 Å². The highest BCUT2D eigenvalue weighted by Gasteiger charge is 2.43. The largest absolute Gasteiger partial charge is 0.325 e. The molecule has 0 aromatic heterocycles. The summed E-state index contributed by atoms with van der Waals surface area (Å²) in [6.07, 6.45) is 4.39. The van der Waals surface area contributed by atoms with Crippen LogP contribution >= 0.6 is 0 Å². The van der Waals surface area contributed by atoms with Crippen LogP contribution in [-0.2, 0) is 11.3 Å². The summed E-state index contributed by atoms with van der Waals surface area (Å²) < 4.78 is 0. The second-order valence-corrected chi connectivity index (χ2v) is 8.92. The van der Waals surface area contributed by atoms with E-state index in [1.165, 1.54) is 23.3 Å². The number of imide groups is 1. The van der Waals surface area contributed by atoms with Gasteiger partial charge < -0.3 is 5.32 Å². The lowest BCUT2D eigenvalue weighted by Gasteiger charge is -2.39. The smallest absolute Gasteiger partial charge is 0.324 e. The molecule has 6 nitrogen and oxygen atoms in total. The van der Waals surface area contributed by atoms with Crippen LogP contribution in [0, 0.1) is 0 Å². The van der Waals surface area contributed by atoms with Crippen molar-refractivity contribution in [3.8, 4) is 0 Å². The standard InChI is InChI=1S/C23H36N4O2/c1-4-13-26(15-9-16-27-21(28)23(2,3)24-22(27)29)20-12-8-14-25(18-20)17-19-10-6-5-7-11-19/h5-7,10-11,20H,4,8-9,12-18H2,1-3H3,(H,24,29). The average molecular weight is 401 g/mol.